The molecule has 4 atom stereocenters. The molecular weight excluding hydrogens is 598 g/mol. The van der Waals surface area contributed by atoms with Crippen molar-refractivity contribution in [3.63, 3.8) is 0 Å². The highest BCUT2D eigenvalue weighted by molar-refractivity contribution is 5.94. The van der Waals surface area contributed by atoms with Crippen molar-refractivity contribution in [2.24, 2.45) is 5.73 Å². The van der Waals surface area contributed by atoms with Crippen LogP contribution in [0.15, 0.2) is 104 Å². The second-order valence-electron chi connectivity index (χ2n) is 11.4. The molecule has 0 radical (unpaired) electrons. The Hall–Kier alpha value is -5.75. The lowest BCUT2D eigenvalue weighted by atomic mass is 10.0. The van der Waals surface area contributed by atoms with E-state index in [0.717, 1.165) is 27.6 Å². The zero-order chi connectivity index (χ0) is 33.2. The molecule has 12 heteroatoms. The molecule has 0 aliphatic heterocycles. The Kier molecular flexibility index (Phi) is 10.8. The molecule has 0 bridgehead atoms. The Labute approximate surface area is 271 Å². The fourth-order valence-electron chi connectivity index (χ4n) is 5.39. The molecule has 5 rings (SSSR count). The van der Waals surface area contributed by atoms with Gasteiger partial charge in [-0.2, -0.15) is 0 Å². The van der Waals surface area contributed by atoms with Crippen molar-refractivity contribution in [2.45, 2.75) is 49.9 Å². The van der Waals surface area contributed by atoms with Crippen LogP contribution in [0.3, 0.4) is 0 Å². The number of aromatic amines is 2. The van der Waals surface area contributed by atoms with Gasteiger partial charge >= 0.3 is 5.97 Å². The largest absolute Gasteiger partial charge is 0.480 e. The number of hydrogen-bond acceptors (Lipinski definition) is 6. The molecule has 0 saturated heterocycles. The van der Waals surface area contributed by atoms with Gasteiger partial charge in [0.1, 0.15) is 18.1 Å². The molecule has 3 aromatic carbocycles. The van der Waals surface area contributed by atoms with Crippen molar-refractivity contribution in [2.75, 3.05) is 0 Å². The van der Waals surface area contributed by atoms with E-state index in [-0.39, 0.29) is 25.7 Å². The average molecular weight is 636 g/mol. The minimum Gasteiger partial charge on any atom is -0.480 e. The Balaban J connectivity index is 1.33. The first-order chi connectivity index (χ1) is 22.8. The van der Waals surface area contributed by atoms with Crippen LogP contribution in [0, 0.1) is 0 Å². The summed E-state index contributed by atoms with van der Waals surface area (Å²) in [5.41, 5.74) is 9.99. The molecule has 242 valence electrons. The van der Waals surface area contributed by atoms with Gasteiger partial charge in [-0.25, -0.2) is 9.78 Å². The van der Waals surface area contributed by atoms with Crippen molar-refractivity contribution in [3.8, 4) is 0 Å². The van der Waals surface area contributed by atoms with Crippen LogP contribution < -0.4 is 21.7 Å². The lowest BCUT2D eigenvalue weighted by Gasteiger charge is -2.25. The van der Waals surface area contributed by atoms with E-state index in [9.17, 15) is 24.3 Å². The highest BCUT2D eigenvalue weighted by Crippen LogP contribution is 2.19. The van der Waals surface area contributed by atoms with Gasteiger partial charge in [0.05, 0.1) is 12.4 Å². The number of carbonyl (C=O) groups excluding carboxylic acids is 3. The first-order valence-electron chi connectivity index (χ1n) is 15.3. The average Bonchev–Trinajstić information content (AvgIpc) is 3.74. The van der Waals surface area contributed by atoms with Gasteiger partial charge < -0.3 is 36.8 Å². The Bertz CT molecular complexity index is 1790. The number of rotatable bonds is 15. The number of carboxylic acids is 1. The number of carbonyl (C=O) groups is 4. The topological polar surface area (TPSA) is 195 Å². The van der Waals surface area contributed by atoms with Crippen LogP contribution in [-0.2, 0) is 44.9 Å². The third-order valence-electron chi connectivity index (χ3n) is 7.88. The van der Waals surface area contributed by atoms with Gasteiger partial charge in [-0.1, -0.05) is 78.9 Å². The quantitative estimate of drug-likeness (QED) is 0.0914. The molecule has 2 aromatic heterocycles. The van der Waals surface area contributed by atoms with Crippen molar-refractivity contribution in [3.05, 3.63) is 126 Å². The summed E-state index contributed by atoms with van der Waals surface area (Å²) in [7, 11) is 0. The molecule has 4 unspecified atom stereocenters. The van der Waals surface area contributed by atoms with Crippen LogP contribution >= 0.6 is 0 Å². The van der Waals surface area contributed by atoms with Gasteiger partial charge in [-0.05, 0) is 29.2 Å². The molecule has 0 aliphatic carbocycles. The van der Waals surface area contributed by atoms with Crippen LogP contribution in [0.5, 0.6) is 0 Å². The number of amides is 3. The van der Waals surface area contributed by atoms with Crippen LogP contribution in [0.2, 0.25) is 0 Å². The lowest BCUT2D eigenvalue weighted by molar-refractivity contribution is -0.142. The molecule has 2 heterocycles. The first-order valence-corrected chi connectivity index (χ1v) is 15.3. The third kappa shape index (κ3) is 8.92. The minimum absolute atomic E-state index is 0.00345. The van der Waals surface area contributed by atoms with Crippen LogP contribution in [-0.4, -0.2) is 67.9 Å². The summed E-state index contributed by atoms with van der Waals surface area (Å²) in [6.07, 6.45) is 5.08. The SMILES string of the molecule is NC(Cc1ccccc1)C(=O)NC(Cc1ccccc1)C(=O)NC(Cc1cnc[nH]1)C(=O)NC(Cc1c[nH]c2ccccc12)C(=O)O. The van der Waals surface area contributed by atoms with Crippen molar-refractivity contribution >= 4 is 34.6 Å². The van der Waals surface area contributed by atoms with Crippen molar-refractivity contribution < 1.29 is 24.3 Å². The number of nitrogens with zero attached hydrogens (tertiary/aromatic N) is 1. The summed E-state index contributed by atoms with van der Waals surface area (Å²) in [6.45, 7) is 0. The maximum Gasteiger partial charge on any atom is 0.326 e. The molecule has 0 spiro atoms. The number of carboxylic acid groups (broad SMARTS) is 1. The zero-order valence-electron chi connectivity index (χ0n) is 25.6. The van der Waals surface area contributed by atoms with Gasteiger partial charge in [0.25, 0.3) is 0 Å². The normalized spacial score (nSPS) is 13.6. The fourth-order valence-corrected chi connectivity index (χ4v) is 5.39. The maximum atomic E-state index is 13.8. The number of hydrogen-bond donors (Lipinski definition) is 7. The van der Waals surface area contributed by atoms with E-state index in [1.165, 1.54) is 12.5 Å². The predicted molar refractivity (Wildman–Crippen MR) is 176 cm³/mol. The number of benzene rings is 3. The summed E-state index contributed by atoms with van der Waals surface area (Å²) < 4.78 is 0. The fraction of sp³-hybridized carbons (Fsp3) is 0.229. The molecule has 47 heavy (non-hydrogen) atoms. The van der Waals surface area contributed by atoms with E-state index < -0.39 is 47.9 Å². The smallest absolute Gasteiger partial charge is 0.326 e. The standard InChI is InChI=1S/C35H37N7O5/c36-27(15-22-9-3-1-4-10-22)32(43)40-29(16-23-11-5-2-6-12-23)33(44)41-30(18-25-20-37-21-39-25)34(45)42-31(35(46)47)17-24-19-38-28-14-8-7-13-26(24)28/h1-14,19-21,27,29-31,38H,15-18,36H2,(H,37,39)(H,40,43)(H,41,44)(H,42,45)(H,46,47). The summed E-state index contributed by atoms with van der Waals surface area (Å²) in [6, 6.07) is 21.4. The number of fused-ring (bicyclic) bond motifs is 1. The van der Waals surface area contributed by atoms with Gasteiger partial charge in [0.2, 0.25) is 17.7 Å². The third-order valence-corrected chi connectivity index (χ3v) is 7.88. The molecule has 5 aromatic rings. The summed E-state index contributed by atoms with van der Waals surface area (Å²) in [5.74, 6) is -3.08. The summed E-state index contributed by atoms with van der Waals surface area (Å²) in [4.78, 5) is 63.1. The minimum atomic E-state index is -1.28. The lowest BCUT2D eigenvalue weighted by Crippen LogP contribution is -2.58. The number of para-hydroxylation sites is 1. The highest BCUT2D eigenvalue weighted by atomic mass is 16.4. The van der Waals surface area contributed by atoms with Crippen molar-refractivity contribution in [1.82, 2.24) is 30.9 Å². The number of H-pyrrole nitrogens is 2. The molecular formula is C35H37N7O5. The summed E-state index contributed by atoms with van der Waals surface area (Å²) >= 11 is 0. The zero-order valence-corrected chi connectivity index (χ0v) is 25.6. The Morgan fingerprint density at radius 1 is 0.681 bits per heavy atom. The van der Waals surface area contributed by atoms with E-state index in [1.807, 2.05) is 84.9 Å². The van der Waals surface area contributed by atoms with Crippen LogP contribution in [0.25, 0.3) is 10.9 Å². The van der Waals surface area contributed by atoms with E-state index >= 15 is 0 Å². The molecule has 0 saturated carbocycles. The maximum absolute atomic E-state index is 13.8. The molecule has 0 aliphatic rings. The monoisotopic (exact) mass is 635 g/mol. The van der Waals surface area contributed by atoms with E-state index in [1.54, 1.807) is 6.20 Å². The van der Waals surface area contributed by atoms with Gasteiger partial charge in [-0.3, -0.25) is 14.4 Å². The summed E-state index contributed by atoms with van der Waals surface area (Å²) in [5, 5.41) is 19.0. The van der Waals surface area contributed by atoms with Gasteiger partial charge in [-0.15, -0.1) is 0 Å². The van der Waals surface area contributed by atoms with Crippen molar-refractivity contribution in [1.29, 1.82) is 0 Å². The van der Waals surface area contributed by atoms with Gasteiger partial charge in [0, 0.05) is 48.3 Å². The van der Waals surface area contributed by atoms with E-state index in [0.29, 0.717) is 5.69 Å². The van der Waals surface area contributed by atoms with E-state index in [4.69, 9.17) is 5.73 Å². The van der Waals surface area contributed by atoms with Crippen LogP contribution in [0.1, 0.15) is 22.4 Å². The Morgan fingerprint density at radius 2 is 1.26 bits per heavy atom. The molecule has 3 amide bonds. The molecule has 0 fully saturated rings. The molecule has 12 nitrogen and oxygen atoms in total. The second-order valence-corrected chi connectivity index (χ2v) is 11.4. The first kappa shape index (κ1) is 32.6. The number of nitrogens with one attached hydrogen (secondary N) is 5. The number of aliphatic carboxylic acids is 1. The van der Waals surface area contributed by atoms with E-state index in [2.05, 4.69) is 30.9 Å². The predicted octanol–water partition coefficient (Wildman–Crippen LogP) is 2.03. The Morgan fingerprint density at radius 3 is 1.89 bits per heavy atom. The van der Waals surface area contributed by atoms with Crippen LogP contribution in [0.4, 0.5) is 0 Å². The number of aromatic nitrogens is 3. The molecule has 8 N–H and O–H groups in total. The van der Waals surface area contributed by atoms with Gasteiger partial charge in [0.15, 0.2) is 0 Å². The highest BCUT2D eigenvalue weighted by Gasteiger charge is 2.31. The second kappa shape index (κ2) is 15.5. The number of imidazole rings is 1. The number of nitrogens with two attached hydrogens (primary N) is 1.